The first-order chi connectivity index (χ1) is 7.33. The molecular weight excluding hydrogens is 212 g/mol. The summed E-state index contributed by atoms with van der Waals surface area (Å²) in [6, 6.07) is 0.353. The monoisotopic (exact) mass is 232 g/mol. The van der Waals surface area contributed by atoms with Crippen molar-refractivity contribution in [1.82, 2.24) is 10.6 Å². The van der Waals surface area contributed by atoms with E-state index < -0.39 is 0 Å². The molecule has 1 heterocycles. The van der Waals surface area contributed by atoms with Gasteiger partial charge in [-0.3, -0.25) is 4.79 Å². The molecular formula is C10H20N2O2S. The van der Waals surface area contributed by atoms with E-state index in [1.165, 1.54) is 0 Å². The molecule has 4 nitrogen and oxygen atoms in total. The largest absolute Gasteiger partial charge is 0.385 e. The van der Waals surface area contributed by atoms with Gasteiger partial charge in [-0.05, 0) is 6.42 Å². The molecule has 0 aromatic heterocycles. The average Bonchev–Trinajstić information content (AvgIpc) is 2.26. The van der Waals surface area contributed by atoms with Gasteiger partial charge in [0.05, 0.1) is 0 Å². The Hall–Kier alpha value is -0.260. The number of carbonyl (C=O) groups is 1. The van der Waals surface area contributed by atoms with E-state index in [0.717, 1.165) is 24.5 Å². The third-order valence-electron chi connectivity index (χ3n) is 2.28. The van der Waals surface area contributed by atoms with Crippen LogP contribution in [0.2, 0.25) is 0 Å². The summed E-state index contributed by atoms with van der Waals surface area (Å²) in [5.41, 5.74) is 0. The summed E-state index contributed by atoms with van der Waals surface area (Å²) in [6.45, 7) is 2.44. The number of nitrogens with one attached hydrogen (secondary N) is 2. The first-order valence-corrected chi connectivity index (χ1v) is 6.55. The summed E-state index contributed by atoms with van der Waals surface area (Å²) >= 11 is 1.91. The van der Waals surface area contributed by atoms with Crippen LogP contribution in [0.1, 0.15) is 12.8 Å². The molecule has 0 aromatic carbocycles. The second-order valence-corrected chi connectivity index (χ2v) is 4.78. The van der Waals surface area contributed by atoms with E-state index in [0.29, 0.717) is 25.6 Å². The minimum absolute atomic E-state index is 0.145. The topological polar surface area (TPSA) is 50.4 Å². The van der Waals surface area contributed by atoms with Crippen LogP contribution in [0.25, 0.3) is 0 Å². The van der Waals surface area contributed by atoms with E-state index in [2.05, 4.69) is 10.6 Å². The smallest absolute Gasteiger partial charge is 0.221 e. The summed E-state index contributed by atoms with van der Waals surface area (Å²) in [5, 5.41) is 6.24. The van der Waals surface area contributed by atoms with Gasteiger partial charge in [-0.1, -0.05) is 0 Å². The van der Waals surface area contributed by atoms with Crippen molar-refractivity contribution in [2.45, 2.75) is 18.9 Å². The fraction of sp³-hybridized carbons (Fsp3) is 0.900. The lowest BCUT2D eigenvalue weighted by Gasteiger charge is -2.22. The summed E-state index contributed by atoms with van der Waals surface area (Å²) in [5.74, 6) is 2.35. The van der Waals surface area contributed by atoms with Crippen LogP contribution in [0.4, 0.5) is 0 Å². The molecule has 1 saturated heterocycles. The fourth-order valence-electron chi connectivity index (χ4n) is 1.49. The van der Waals surface area contributed by atoms with E-state index in [9.17, 15) is 4.79 Å². The van der Waals surface area contributed by atoms with Crippen molar-refractivity contribution in [2.24, 2.45) is 0 Å². The van der Waals surface area contributed by atoms with Gasteiger partial charge in [0.15, 0.2) is 0 Å². The Bertz CT molecular complexity index is 184. The molecule has 1 rings (SSSR count). The molecule has 0 spiro atoms. The lowest BCUT2D eigenvalue weighted by molar-refractivity contribution is -0.121. The van der Waals surface area contributed by atoms with Gasteiger partial charge in [0.2, 0.25) is 5.91 Å². The number of amides is 1. The van der Waals surface area contributed by atoms with Gasteiger partial charge < -0.3 is 15.4 Å². The normalized spacial score (nSPS) is 21.3. The zero-order valence-electron chi connectivity index (χ0n) is 9.25. The third kappa shape index (κ3) is 6.02. The van der Waals surface area contributed by atoms with Crippen molar-refractivity contribution in [3.8, 4) is 0 Å². The predicted molar refractivity (Wildman–Crippen MR) is 63.2 cm³/mol. The molecule has 1 aliphatic rings. The van der Waals surface area contributed by atoms with Gasteiger partial charge in [-0.15, -0.1) is 0 Å². The Kier molecular flexibility index (Phi) is 6.80. The third-order valence-corrected chi connectivity index (χ3v) is 3.41. The first kappa shape index (κ1) is 12.8. The van der Waals surface area contributed by atoms with Crippen LogP contribution in [-0.2, 0) is 9.53 Å². The van der Waals surface area contributed by atoms with E-state index in [4.69, 9.17) is 4.74 Å². The van der Waals surface area contributed by atoms with E-state index >= 15 is 0 Å². The number of hydrogen-bond donors (Lipinski definition) is 2. The van der Waals surface area contributed by atoms with Crippen molar-refractivity contribution in [2.75, 3.05) is 38.3 Å². The first-order valence-electron chi connectivity index (χ1n) is 5.39. The van der Waals surface area contributed by atoms with Crippen LogP contribution in [0.15, 0.2) is 0 Å². The minimum atomic E-state index is 0.145. The molecule has 1 amide bonds. The summed E-state index contributed by atoms with van der Waals surface area (Å²) in [7, 11) is 1.67. The van der Waals surface area contributed by atoms with Crippen molar-refractivity contribution >= 4 is 17.7 Å². The molecule has 0 bridgehead atoms. The Morgan fingerprint density at radius 3 is 3.20 bits per heavy atom. The summed E-state index contributed by atoms with van der Waals surface area (Å²) < 4.78 is 4.91. The van der Waals surface area contributed by atoms with E-state index in [-0.39, 0.29) is 5.91 Å². The molecule has 1 atom stereocenters. The van der Waals surface area contributed by atoms with Gasteiger partial charge in [-0.25, -0.2) is 0 Å². The Morgan fingerprint density at radius 2 is 2.53 bits per heavy atom. The number of carbonyl (C=O) groups excluding carboxylic acids is 1. The number of methoxy groups -OCH3 is 1. The van der Waals surface area contributed by atoms with Crippen molar-refractivity contribution < 1.29 is 9.53 Å². The highest BCUT2D eigenvalue weighted by Gasteiger charge is 2.15. The lowest BCUT2D eigenvalue weighted by atomic mass is 10.2. The second-order valence-electron chi connectivity index (χ2n) is 3.63. The van der Waals surface area contributed by atoms with E-state index in [1.807, 2.05) is 11.8 Å². The highest BCUT2D eigenvalue weighted by atomic mass is 32.2. The Morgan fingerprint density at radius 1 is 1.67 bits per heavy atom. The van der Waals surface area contributed by atoms with E-state index in [1.54, 1.807) is 7.11 Å². The van der Waals surface area contributed by atoms with Gasteiger partial charge in [0.1, 0.15) is 0 Å². The van der Waals surface area contributed by atoms with Gasteiger partial charge in [-0.2, -0.15) is 11.8 Å². The molecule has 2 N–H and O–H groups in total. The summed E-state index contributed by atoms with van der Waals surface area (Å²) in [6.07, 6.45) is 1.48. The second kappa shape index (κ2) is 7.96. The molecule has 1 unspecified atom stereocenters. The molecule has 5 heteroatoms. The predicted octanol–water partition coefficient (Wildman–Crippen LogP) is 0.234. The zero-order valence-corrected chi connectivity index (χ0v) is 10.1. The van der Waals surface area contributed by atoms with Gasteiger partial charge in [0, 0.05) is 50.8 Å². The van der Waals surface area contributed by atoms with Crippen molar-refractivity contribution in [1.29, 1.82) is 0 Å². The van der Waals surface area contributed by atoms with Crippen LogP contribution >= 0.6 is 11.8 Å². The number of ether oxygens (including phenoxy) is 1. The van der Waals surface area contributed by atoms with Gasteiger partial charge >= 0.3 is 0 Å². The Balaban J connectivity index is 2.01. The standard InChI is InChI=1S/C10H20N2O2S/c1-14-5-2-3-12-10(13)7-9-8-15-6-4-11-9/h9,11H,2-8H2,1H3,(H,12,13). The molecule has 1 fully saturated rings. The molecule has 88 valence electrons. The van der Waals surface area contributed by atoms with Crippen molar-refractivity contribution in [3.05, 3.63) is 0 Å². The number of hydrogen-bond acceptors (Lipinski definition) is 4. The zero-order chi connectivity index (χ0) is 10.9. The quantitative estimate of drug-likeness (QED) is 0.644. The number of thioether (sulfide) groups is 1. The highest BCUT2D eigenvalue weighted by Crippen LogP contribution is 2.09. The summed E-state index contributed by atoms with van der Waals surface area (Å²) in [4.78, 5) is 11.5. The maximum Gasteiger partial charge on any atom is 0.221 e. The molecule has 1 aliphatic heterocycles. The maximum atomic E-state index is 11.5. The molecule has 0 radical (unpaired) electrons. The Labute approximate surface area is 95.5 Å². The molecule has 15 heavy (non-hydrogen) atoms. The maximum absolute atomic E-state index is 11.5. The van der Waals surface area contributed by atoms with Crippen LogP contribution in [-0.4, -0.2) is 50.3 Å². The average molecular weight is 232 g/mol. The van der Waals surface area contributed by atoms with Gasteiger partial charge in [0.25, 0.3) is 0 Å². The van der Waals surface area contributed by atoms with Crippen LogP contribution in [0.3, 0.4) is 0 Å². The minimum Gasteiger partial charge on any atom is -0.385 e. The molecule has 0 saturated carbocycles. The fourth-order valence-corrected chi connectivity index (χ4v) is 2.44. The molecule has 0 aliphatic carbocycles. The molecule has 0 aromatic rings. The van der Waals surface area contributed by atoms with Crippen LogP contribution in [0.5, 0.6) is 0 Å². The van der Waals surface area contributed by atoms with Crippen LogP contribution < -0.4 is 10.6 Å². The van der Waals surface area contributed by atoms with Crippen molar-refractivity contribution in [3.63, 3.8) is 0 Å². The SMILES string of the molecule is COCCCNC(=O)CC1CSCCN1. The lowest BCUT2D eigenvalue weighted by Crippen LogP contribution is -2.41. The number of rotatable bonds is 6. The van der Waals surface area contributed by atoms with Crippen LogP contribution in [0, 0.1) is 0 Å². The highest BCUT2D eigenvalue weighted by molar-refractivity contribution is 7.99.